The fraction of sp³-hybridized carbons (Fsp3) is 0.286. The molecule has 7 nitrogen and oxygen atoms in total. The van der Waals surface area contributed by atoms with Gasteiger partial charge in [-0.05, 0) is 61.4 Å². The molecule has 1 atom stereocenters. The lowest BCUT2D eigenvalue weighted by Gasteiger charge is -2.53. The number of rotatable bonds is 6. The predicted molar refractivity (Wildman–Crippen MR) is 108 cm³/mol. The average molecular weight is 417 g/mol. The molecule has 1 unspecified atom stereocenters. The van der Waals surface area contributed by atoms with Crippen molar-refractivity contribution < 1.29 is 24.2 Å². The number of amides is 3. The Labute approximate surface area is 173 Å². The van der Waals surface area contributed by atoms with Crippen LogP contribution in [0.2, 0.25) is 5.02 Å². The van der Waals surface area contributed by atoms with Crippen LogP contribution in [0.1, 0.15) is 37.0 Å². The number of carboxylic acids is 1. The Balaban J connectivity index is 1.83. The Morgan fingerprint density at radius 2 is 1.69 bits per heavy atom. The molecule has 2 aromatic carbocycles. The largest absolute Gasteiger partial charge is 0.478 e. The van der Waals surface area contributed by atoms with E-state index in [-0.39, 0.29) is 11.5 Å². The number of aromatic carboxylic acids is 1. The third-order valence-corrected chi connectivity index (χ3v) is 5.53. The Kier molecular flexibility index (Phi) is 5.79. The zero-order chi connectivity index (χ0) is 21.2. The molecule has 3 rings (SSSR count). The second-order valence-electron chi connectivity index (χ2n) is 6.78. The van der Waals surface area contributed by atoms with Gasteiger partial charge in [-0.1, -0.05) is 25.4 Å². The molecule has 2 N–H and O–H groups in total. The molecule has 1 saturated heterocycles. The van der Waals surface area contributed by atoms with Crippen molar-refractivity contribution in [1.82, 2.24) is 4.90 Å². The summed E-state index contributed by atoms with van der Waals surface area (Å²) in [5.74, 6) is -0.972. The summed E-state index contributed by atoms with van der Waals surface area (Å²) in [5, 5.41) is 12.2. The smallest absolute Gasteiger partial charge is 0.335 e. The van der Waals surface area contributed by atoms with Gasteiger partial charge in [0.2, 0.25) is 5.91 Å². The number of carbonyl (C=O) groups is 3. The van der Waals surface area contributed by atoms with Crippen molar-refractivity contribution in [2.24, 2.45) is 5.41 Å². The number of likely N-dealkylation sites (tertiary alicyclic amines) is 1. The van der Waals surface area contributed by atoms with Gasteiger partial charge in [-0.2, -0.15) is 0 Å². The number of ether oxygens (including phenoxy) is 1. The average Bonchev–Trinajstić information content (AvgIpc) is 2.71. The van der Waals surface area contributed by atoms with Gasteiger partial charge in [0, 0.05) is 10.7 Å². The number of carboxylic acid groups (broad SMARTS) is 1. The molecule has 152 valence electrons. The molecule has 8 heteroatoms. The predicted octanol–water partition coefficient (Wildman–Crippen LogP) is 4.62. The van der Waals surface area contributed by atoms with Crippen molar-refractivity contribution in [3.05, 3.63) is 59.1 Å². The van der Waals surface area contributed by atoms with Crippen LogP contribution >= 0.6 is 11.6 Å². The van der Waals surface area contributed by atoms with Gasteiger partial charge in [0.15, 0.2) is 6.23 Å². The lowest BCUT2D eigenvalue weighted by atomic mass is 9.72. The first kappa shape index (κ1) is 20.7. The molecule has 2 aromatic rings. The minimum Gasteiger partial charge on any atom is -0.478 e. The molecule has 0 aliphatic carbocycles. The van der Waals surface area contributed by atoms with E-state index in [9.17, 15) is 14.4 Å². The van der Waals surface area contributed by atoms with E-state index in [1.807, 2.05) is 13.8 Å². The summed E-state index contributed by atoms with van der Waals surface area (Å²) < 4.78 is 5.97. The fourth-order valence-electron chi connectivity index (χ4n) is 3.42. The lowest BCUT2D eigenvalue weighted by molar-refractivity contribution is -0.190. The molecule has 3 amide bonds. The number of halogens is 1. The fourth-order valence-corrected chi connectivity index (χ4v) is 3.55. The number of anilines is 1. The van der Waals surface area contributed by atoms with E-state index < -0.39 is 23.6 Å². The summed E-state index contributed by atoms with van der Waals surface area (Å²) in [6.07, 6.45) is 0.212. The van der Waals surface area contributed by atoms with Gasteiger partial charge in [-0.15, -0.1) is 0 Å². The maximum absolute atomic E-state index is 12.9. The van der Waals surface area contributed by atoms with E-state index in [1.165, 1.54) is 24.3 Å². The molecule has 1 fully saturated rings. The molecule has 0 saturated carbocycles. The number of carbonyl (C=O) groups excluding carboxylic acids is 2. The van der Waals surface area contributed by atoms with Crippen LogP contribution in [0, 0.1) is 5.41 Å². The topological polar surface area (TPSA) is 95.9 Å². The van der Waals surface area contributed by atoms with Crippen molar-refractivity contribution in [2.75, 3.05) is 5.32 Å². The normalized spacial score (nSPS) is 17.4. The van der Waals surface area contributed by atoms with Crippen LogP contribution in [-0.4, -0.2) is 34.1 Å². The minimum absolute atomic E-state index is 0.122. The number of hydrogen-bond donors (Lipinski definition) is 2. The summed E-state index contributed by atoms with van der Waals surface area (Å²) in [6.45, 7) is 3.75. The highest BCUT2D eigenvalue weighted by atomic mass is 35.5. The summed E-state index contributed by atoms with van der Waals surface area (Å²) in [4.78, 5) is 37.7. The first-order chi connectivity index (χ1) is 13.8. The summed E-state index contributed by atoms with van der Waals surface area (Å²) in [6, 6.07) is 11.8. The van der Waals surface area contributed by atoms with E-state index in [1.54, 1.807) is 24.3 Å². The van der Waals surface area contributed by atoms with Gasteiger partial charge in [0.1, 0.15) is 11.2 Å². The molecule has 1 aliphatic rings. The van der Waals surface area contributed by atoms with E-state index in [0.29, 0.717) is 29.3 Å². The maximum atomic E-state index is 12.9. The van der Waals surface area contributed by atoms with Gasteiger partial charge in [-0.25, -0.2) is 14.5 Å². The van der Waals surface area contributed by atoms with Crippen LogP contribution in [-0.2, 0) is 4.79 Å². The van der Waals surface area contributed by atoms with Crippen molar-refractivity contribution >= 4 is 35.2 Å². The van der Waals surface area contributed by atoms with E-state index in [2.05, 4.69) is 5.32 Å². The minimum atomic E-state index is -1.05. The monoisotopic (exact) mass is 416 g/mol. The zero-order valence-electron chi connectivity index (χ0n) is 16.0. The Morgan fingerprint density at radius 3 is 2.21 bits per heavy atom. The third-order valence-electron chi connectivity index (χ3n) is 5.28. The number of β-lactam (4-membered cyclic amide) rings is 1. The molecule has 0 bridgehead atoms. The SMILES string of the molecule is CCC1(CC)C(=O)N(C(=O)Nc2ccc(Cl)cc2)C1Oc1ccc(C(=O)O)cc1. The van der Waals surface area contributed by atoms with Crippen LogP contribution in [0.4, 0.5) is 10.5 Å². The molecule has 0 radical (unpaired) electrons. The van der Waals surface area contributed by atoms with Crippen LogP contribution < -0.4 is 10.1 Å². The summed E-state index contributed by atoms with van der Waals surface area (Å²) >= 11 is 5.86. The van der Waals surface area contributed by atoms with Gasteiger partial charge in [0.25, 0.3) is 0 Å². The quantitative estimate of drug-likeness (QED) is 0.669. The number of nitrogens with zero attached hydrogens (tertiary/aromatic N) is 1. The maximum Gasteiger partial charge on any atom is 0.335 e. The van der Waals surface area contributed by atoms with Crippen LogP contribution in [0.15, 0.2) is 48.5 Å². The zero-order valence-corrected chi connectivity index (χ0v) is 16.8. The number of hydrogen-bond acceptors (Lipinski definition) is 4. The lowest BCUT2D eigenvalue weighted by Crippen LogP contribution is -2.73. The second kappa shape index (κ2) is 8.13. The van der Waals surface area contributed by atoms with Crippen molar-refractivity contribution in [3.63, 3.8) is 0 Å². The van der Waals surface area contributed by atoms with E-state index in [0.717, 1.165) is 4.90 Å². The molecule has 0 aromatic heterocycles. The van der Waals surface area contributed by atoms with E-state index in [4.69, 9.17) is 21.4 Å². The Bertz CT molecular complexity index is 923. The number of benzene rings is 2. The second-order valence-corrected chi connectivity index (χ2v) is 7.21. The first-order valence-electron chi connectivity index (χ1n) is 9.22. The van der Waals surface area contributed by atoms with Crippen molar-refractivity contribution in [1.29, 1.82) is 0 Å². The molecule has 1 aliphatic heterocycles. The molecule has 0 spiro atoms. The van der Waals surface area contributed by atoms with Gasteiger partial charge in [-0.3, -0.25) is 4.79 Å². The first-order valence-corrected chi connectivity index (χ1v) is 9.60. The highest BCUT2D eigenvalue weighted by molar-refractivity contribution is 6.30. The number of imide groups is 1. The third kappa shape index (κ3) is 3.78. The van der Waals surface area contributed by atoms with Gasteiger partial charge < -0.3 is 15.2 Å². The van der Waals surface area contributed by atoms with E-state index >= 15 is 0 Å². The Morgan fingerprint density at radius 1 is 1.10 bits per heavy atom. The highest BCUT2D eigenvalue weighted by Crippen LogP contribution is 2.46. The van der Waals surface area contributed by atoms with Gasteiger partial charge >= 0.3 is 12.0 Å². The van der Waals surface area contributed by atoms with Crippen LogP contribution in [0.5, 0.6) is 5.75 Å². The molecule has 29 heavy (non-hydrogen) atoms. The molecular weight excluding hydrogens is 396 g/mol. The highest BCUT2D eigenvalue weighted by Gasteiger charge is 2.62. The molecule has 1 heterocycles. The van der Waals surface area contributed by atoms with Crippen LogP contribution in [0.3, 0.4) is 0 Å². The van der Waals surface area contributed by atoms with Crippen molar-refractivity contribution in [2.45, 2.75) is 32.9 Å². The van der Waals surface area contributed by atoms with Crippen LogP contribution in [0.25, 0.3) is 0 Å². The number of nitrogens with one attached hydrogen (secondary N) is 1. The summed E-state index contributed by atoms with van der Waals surface area (Å²) in [7, 11) is 0. The standard InChI is InChI=1S/C21H21ClN2O5/c1-3-21(4-2)18(27)24(20(28)23-15-9-7-14(22)8-10-15)19(21)29-16-11-5-13(6-12-16)17(25)26/h5-12,19H,3-4H2,1-2H3,(H,23,28)(H,25,26). The van der Waals surface area contributed by atoms with Crippen molar-refractivity contribution in [3.8, 4) is 5.75 Å². The molecular formula is C21H21ClN2O5. The van der Waals surface area contributed by atoms with Gasteiger partial charge in [0.05, 0.1) is 5.56 Å². The number of urea groups is 1. The Hall–Kier alpha value is -3.06. The summed E-state index contributed by atoms with van der Waals surface area (Å²) in [5.41, 5.74) is -0.193.